The zero-order chi connectivity index (χ0) is 29.6. The Kier molecular flexibility index (Phi) is 7.55. The van der Waals surface area contributed by atoms with Crippen LogP contribution in [-0.2, 0) is 5.92 Å². The first kappa shape index (κ1) is 28.7. The molecule has 1 saturated carbocycles. The Morgan fingerprint density at radius 3 is 2.60 bits per heavy atom. The van der Waals surface area contributed by atoms with E-state index < -0.39 is 28.8 Å². The Bertz CT molecular complexity index is 1440. The molecule has 0 radical (unpaired) electrons. The van der Waals surface area contributed by atoms with Crippen LogP contribution in [0.15, 0.2) is 42.4 Å². The van der Waals surface area contributed by atoms with Gasteiger partial charge in [0.2, 0.25) is 0 Å². The predicted molar refractivity (Wildman–Crippen MR) is 158 cm³/mol. The number of nitrogens with zero attached hydrogens (tertiary/aromatic N) is 5. The quantitative estimate of drug-likeness (QED) is 0.378. The number of alkyl halides is 2. The van der Waals surface area contributed by atoms with E-state index >= 15 is 13.2 Å². The molecule has 5 aliphatic rings. The number of hydrogen-bond donors (Lipinski definition) is 1. The number of allylic oxidation sites excluding steroid dienone is 1. The molecule has 9 heteroatoms. The fourth-order valence-electron chi connectivity index (χ4n) is 6.76. The molecule has 1 aliphatic carbocycles. The number of anilines is 2. The highest BCUT2D eigenvalue weighted by atomic mass is 19.3. The standard InChI is InChI=1S/C33H39F3N6/c1-21-8-5-4-6-15-42-23(3)28(32(19-37)13-14-32)16-26-30(38-20-39-31(26)42)40-22(2)25-9-7-10-27(29(25)34)33(35,36)12-11-24-17-41(21)18-24/h7,9-10,16,20-22,24H,3-6,8,11-15,17-18H2,1-2H3,(H,38,39,40)/t21?,22-/m1/s1. The Balaban J connectivity index is 1.37. The van der Waals surface area contributed by atoms with Crippen molar-refractivity contribution >= 4 is 17.7 Å². The highest BCUT2D eigenvalue weighted by molar-refractivity contribution is 5.84. The number of halogens is 3. The van der Waals surface area contributed by atoms with Crippen molar-refractivity contribution in [3.8, 4) is 6.07 Å². The number of fused-ring (bicyclic) bond motifs is 8. The SMILES string of the molecule is C=C1C(C2(C#N)CC2)=Cc2c3ncnc2N1CCCCCC(C)N1CC(CCC(F)(F)c2cccc(c2F)[C@@H](C)N3)C1. The average molecular weight is 577 g/mol. The highest BCUT2D eigenvalue weighted by Gasteiger charge is 2.50. The van der Waals surface area contributed by atoms with Gasteiger partial charge < -0.3 is 15.1 Å². The van der Waals surface area contributed by atoms with E-state index in [0.29, 0.717) is 36.2 Å². The largest absolute Gasteiger partial charge is 0.363 e. The van der Waals surface area contributed by atoms with Crippen LogP contribution in [-0.4, -0.2) is 40.5 Å². The lowest BCUT2D eigenvalue weighted by molar-refractivity contribution is -0.0359. The molecule has 5 heterocycles. The zero-order valence-corrected chi connectivity index (χ0v) is 24.5. The molecule has 1 unspecified atom stereocenters. The van der Waals surface area contributed by atoms with Gasteiger partial charge in [0.05, 0.1) is 28.7 Å². The summed E-state index contributed by atoms with van der Waals surface area (Å²) >= 11 is 0. The van der Waals surface area contributed by atoms with Gasteiger partial charge in [-0.2, -0.15) is 5.26 Å². The van der Waals surface area contributed by atoms with Crippen molar-refractivity contribution in [3.05, 3.63) is 64.9 Å². The van der Waals surface area contributed by atoms with Gasteiger partial charge in [0.25, 0.3) is 5.92 Å². The van der Waals surface area contributed by atoms with Gasteiger partial charge >= 0.3 is 0 Å². The summed E-state index contributed by atoms with van der Waals surface area (Å²) in [7, 11) is 0. The number of nitriles is 1. The molecule has 0 amide bonds. The van der Waals surface area contributed by atoms with E-state index in [1.807, 2.05) is 6.08 Å². The van der Waals surface area contributed by atoms with Crippen LogP contribution in [0, 0.1) is 28.5 Å². The van der Waals surface area contributed by atoms with Crippen LogP contribution in [0.5, 0.6) is 0 Å². The van der Waals surface area contributed by atoms with Crippen LogP contribution in [0.2, 0.25) is 0 Å². The maximum absolute atomic E-state index is 15.8. The van der Waals surface area contributed by atoms with Gasteiger partial charge in [0, 0.05) is 43.4 Å². The summed E-state index contributed by atoms with van der Waals surface area (Å²) in [6.45, 7) is 10.7. The van der Waals surface area contributed by atoms with Crippen molar-refractivity contribution in [2.24, 2.45) is 11.3 Å². The molecular weight excluding hydrogens is 537 g/mol. The minimum Gasteiger partial charge on any atom is -0.363 e. The maximum atomic E-state index is 15.8. The van der Waals surface area contributed by atoms with E-state index in [2.05, 4.69) is 44.7 Å². The first-order valence-corrected chi connectivity index (χ1v) is 15.3. The molecule has 1 aromatic heterocycles. The van der Waals surface area contributed by atoms with Crippen molar-refractivity contribution in [1.29, 1.82) is 5.26 Å². The van der Waals surface area contributed by atoms with Gasteiger partial charge in [0.15, 0.2) is 0 Å². The molecule has 7 rings (SSSR count). The maximum Gasteiger partial charge on any atom is 0.276 e. The summed E-state index contributed by atoms with van der Waals surface area (Å²) < 4.78 is 46.5. The smallest absolute Gasteiger partial charge is 0.276 e. The molecule has 1 saturated heterocycles. The number of hydrogen-bond acceptors (Lipinski definition) is 6. The molecule has 0 spiro atoms. The van der Waals surface area contributed by atoms with Crippen LogP contribution >= 0.6 is 0 Å². The lowest BCUT2D eigenvalue weighted by Crippen LogP contribution is -2.51. The summed E-state index contributed by atoms with van der Waals surface area (Å²) in [4.78, 5) is 13.6. The third kappa shape index (κ3) is 5.19. The zero-order valence-electron chi connectivity index (χ0n) is 24.5. The van der Waals surface area contributed by atoms with Crippen molar-refractivity contribution in [1.82, 2.24) is 14.9 Å². The lowest BCUT2D eigenvalue weighted by Gasteiger charge is -2.44. The Hall–Kier alpha value is -3.38. The molecule has 42 heavy (non-hydrogen) atoms. The number of benzene rings is 1. The van der Waals surface area contributed by atoms with Crippen LogP contribution in [0.25, 0.3) is 6.08 Å². The molecule has 6 nitrogen and oxygen atoms in total. The number of nitrogens with one attached hydrogen (secondary N) is 1. The summed E-state index contributed by atoms with van der Waals surface area (Å²) in [5.41, 5.74) is 1.40. The second-order valence-electron chi connectivity index (χ2n) is 12.6. The van der Waals surface area contributed by atoms with E-state index in [9.17, 15) is 5.26 Å². The van der Waals surface area contributed by atoms with Crippen LogP contribution in [0.1, 0.15) is 87.9 Å². The van der Waals surface area contributed by atoms with E-state index in [-0.39, 0.29) is 17.9 Å². The molecule has 2 aromatic rings. The van der Waals surface area contributed by atoms with Crippen molar-refractivity contribution in [3.63, 3.8) is 0 Å². The minimum absolute atomic E-state index is 0.158. The minimum atomic E-state index is -3.26. The average Bonchev–Trinajstić information content (AvgIpc) is 3.73. The third-order valence-electron chi connectivity index (χ3n) is 9.74. The summed E-state index contributed by atoms with van der Waals surface area (Å²) in [5, 5.41) is 13.3. The Labute approximate surface area is 246 Å². The second-order valence-corrected chi connectivity index (χ2v) is 12.6. The highest BCUT2D eigenvalue weighted by Crippen LogP contribution is 2.56. The van der Waals surface area contributed by atoms with Crippen molar-refractivity contribution in [2.45, 2.75) is 83.2 Å². The molecule has 2 atom stereocenters. The van der Waals surface area contributed by atoms with E-state index in [1.165, 1.54) is 18.5 Å². The first-order chi connectivity index (χ1) is 20.1. The third-order valence-corrected chi connectivity index (χ3v) is 9.74. The van der Waals surface area contributed by atoms with Crippen molar-refractivity contribution < 1.29 is 13.2 Å². The van der Waals surface area contributed by atoms with Crippen LogP contribution in [0.3, 0.4) is 0 Å². The first-order valence-electron chi connectivity index (χ1n) is 15.3. The topological polar surface area (TPSA) is 68.1 Å². The van der Waals surface area contributed by atoms with Gasteiger partial charge in [-0.25, -0.2) is 23.1 Å². The van der Waals surface area contributed by atoms with Gasteiger partial charge in [-0.3, -0.25) is 0 Å². The fourth-order valence-corrected chi connectivity index (χ4v) is 6.76. The fraction of sp³-hybridized carbons (Fsp3) is 0.545. The summed E-state index contributed by atoms with van der Waals surface area (Å²) in [6, 6.07) is 6.51. The molecule has 2 fully saturated rings. The van der Waals surface area contributed by atoms with E-state index in [1.54, 1.807) is 13.0 Å². The molecule has 222 valence electrons. The number of aromatic nitrogens is 2. The van der Waals surface area contributed by atoms with E-state index in [0.717, 1.165) is 62.9 Å². The van der Waals surface area contributed by atoms with Gasteiger partial charge in [0.1, 0.15) is 23.8 Å². The Morgan fingerprint density at radius 2 is 1.86 bits per heavy atom. The van der Waals surface area contributed by atoms with Gasteiger partial charge in [-0.1, -0.05) is 37.6 Å². The van der Waals surface area contributed by atoms with Crippen LogP contribution < -0.4 is 10.2 Å². The molecule has 4 aliphatic heterocycles. The molecular formula is C33H39F3N6. The summed E-state index contributed by atoms with van der Waals surface area (Å²) in [6.07, 6.45) is 9.05. The Morgan fingerprint density at radius 1 is 1.07 bits per heavy atom. The monoisotopic (exact) mass is 576 g/mol. The summed E-state index contributed by atoms with van der Waals surface area (Å²) in [5.74, 6) is -2.76. The predicted octanol–water partition coefficient (Wildman–Crippen LogP) is 7.58. The van der Waals surface area contributed by atoms with Crippen LogP contribution in [0.4, 0.5) is 24.8 Å². The van der Waals surface area contributed by atoms with Gasteiger partial charge in [-0.05, 0) is 63.5 Å². The second kappa shape index (κ2) is 11.0. The molecule has 8 bridgehead atoms. The molecule has 1 N–H and O–H groups in total. The normalized spacial score (nSPS) is 28.7. The lowest BCUT2D eigenvalue weighted by atomic mass is 9.88. The molecule has 1 aromatic carbocycles. The van der Waals surface area contributed by atoms with Gasteiger partial charge in [-0.15, -0.1) is 0 Å². The van der Waals surface area contributed by atoms with E-state index in [4.69, 9.17) is 0 Å². The van der Waals surface area contributed by atoms with Crippen molar-refractivity contribution in [2.75, 3.05) is 29.9 Å². The number of rotatable bonds is 1.